The maximum absolute atomic E-state index is 12.7. The molecule has 0 atom stereocenters. The molecule has 0 aliphatic heterocycles. The minimum absolute atomic E-state index is 0.196. The number of aromatic nitrogens is 2. The van der Waals surface area contributed by atoms with E-state index < -0.39 is 23.9 Å². The number of rotatable bonds is 5. The summed E-state index contributed by atoms with van der Waals surface area (Å²) >= 11 is 6.02. The third-order valence-electron chi connectivity index (χ3n) is 5.25. The van der Waals surface area contributed by atoms with Crippen LogP contribution in [-0.4, -0.2) is 51.8 Å². The van der Waals surface area contributed by atoms with Crippen molar-refractivity contribution < 1.29 is 29.0 Å². The van der Waals surface area contributed by atoms with Gasteiger partial charge >= 0.3 is 12.2 Å². The normalized spacial score (nSPS) is 10.7. The largest absolute Gasteiger partial charge is 0.489 e. The molecule has 0 unspecified atom stereocenters. The molecule has 0 fully saturated rings. The number of carboxylic acid groups (broad SMARTS) is 1. The SMILES string of the molecule is COC(=O)N(C)C(=O)c1nc2ccc(-c3cccc(OCc4cccc(Cl)c4)c3)cc2n1C(=O)O. The number of hydrogen-bond acceptors (Lipinski definition) is 6. The molecule has 3 aromatic carbocycles. The zero-order valence-electron chi connectivity index (χ0n) is 18.8. The van der Waals surface area contributed by atoms with Crippen LogP contribution in [0.2, 0.25) is 5.02 Å². The molecule has 1 aromatic heterocycles. The molecule has 178 valence electrons. The van der Waals surface area contributed by atoms with Gasteiger partial charge in [0.15, 0.2) is 0 Å². The summed E-state index contributed by atoms with van der Waals surface area (Å²) in [6.07, 6.45) is -2.35. The molecule has 0 spiro atoms. The van der Waals surface area contributed by atoms with Crippen molar-refractivity contribution in [2.24, 2.45) is 0 Å². The number of ether oxygens (including phenoxy) is 2. The van der Waals surface area contributed by atoms with Gasteiger partial charge in [0, 0.05) is 12.1 Å². The van der Waals surface area contributed by atoms with E-state index in [2.05, 4.69) is 9.72 Å². The number of nitrogens with zero attached hydrogens (tertiary/aromatic N) is 3. The molecule has 0 aliphatic rings. The number of imide groups is 1. The fourth-order valence-corrected chi connectivity index (χ4v) is 3.73. The molecule has 2 amide bonds. The molecule has 0 radical (unpaired) electrons. The molecule has 1 N–H and O–H groups in total. The molecule has 9 nitrogen and oxygen atoms in total. The molecule has 4 rings (SSSR count). The molecule has 10 heteroatoms. The predicted octanol–water partition coefficient (Wildman–Crippen LogP) is 5.30. The maximum Gasteiger partial charge on any atom is 0.417 e. The summed E-state index contributed by atoms with van der Waals surface area (Å²) in [4.78, 5) is 41.2. The van der Waals surface area contributed by atoms with Gasteiger partial charge in [-0.25, -0.2) is 24.0 Å². The summed E-state index contributed by atoms with van der Waals surface area (Å²) in [6, 6.07) is 19.7. The Hall–Kier alpha value is -4.37. The number of carbonyl (C=O) groups is 3. The van der Waals surface area contributed by atoms with Crippen LogP contribution in [0.5, 0.6) is 5.75 Å². The van der Waals surface area contributed by atoms with E-state index in [4.69, 9.17) is 16.3 Å². The van der Waals surface area contributed by atoms with E-state index in [-0.39, 0.29) is 11.0 Å². The molecule has 0 saturated carbocycles. The van der Waals surface area contributed by atoms with Gasteiger partial charge in [0.2, 0.25) is 5.82 Å². The third kappa shape index (κ3) is 4.95. The second-order valence-electron chi connectivity index (χ2n) is 7.54. The Morgan fingerprint density at radius 2 is 1.77 bits per heavy atom. The summed E-state index contributed by atoms with van der Waals surface area (Å²) in [5, 5.41) is 10.4. The molecule has 0 bridgehead atoms. The number of amides is 2. The van der Waals surface area contributed by atoms with E-state index in [1.807, 2.05) is 42.5 Å². The smallest absolute Gasteiger partial charge is 0.417 e. The number of hydrogen-bond donors (Lipinski definition) is 1. The molecule has 35 heavy (non-hydrogen) atoms. The van der Waals surface area contributed by atoms with E-state index in [1.165, 1.54) is 7.05 Å². The highest BCUT2D eigenvalue weighted by Gasteiger charge is 2.28. The van der Waals surface area contributed by atoms with Crippen molar-refractivity contribution in [1.82, 2.24) is 14.5 Å². The average Bonchev–Trinajstić information content (AvgIpc) is 3.25. The van der Waals surface area contributed by atoms with Crippen LogP contribution in [0.15, 0.2) is 66.7 Å². The van der Waals surface area contributed by atoms with Gasteiger partial charge in [0.25, 0.3) is 5.91 Å². The Balaban J connectivity index is 1.67. The van der Waals surface area contributed by atoms with Gasteiger partial charge in [-0.05, 0) is 53.1 Å². The van der Waals surface area contributed by atoms with Crippen LogP contribution in [0.25, 0.3) is 22.2 Å². The summed E-state index contributed by atoms with van der Waals surface area (Å²) in [6.45, 7) is 0.327. The highest BCUT2D eigenvalue weighted by atomic mass is 35.5. The average molecular weight is 494 g/mol. The van der Waals surface area contributed by atoms with Gasteiger partial charge in [-0.2, -0.15) is 0 Å². The highest BCUT2D eigenvalue weighted by molar-refractivity contribution is 6.30. The minimum atomic E-state index is -1.41. The van der Waals surface area contributed by atoms with E-state index in [0.29, 0.717) is 27.8 Å². The fourth-order valence-electron chi connectivity index (χ4n) is 3.52. The van der Waals surface area contributed by atoms with Crippen LogP contribution in [0.1, 0.15) is 16.2 Å². The molecule has 0 aliphatic carbocycles. The molecule has 0 saturated heterocycles. The Labute approximate surface area is 205 Å². The van der Waals surface area contributed by atoms with Crippen LogP contribution in [-0.2, 0) is 11.3 Å². The third-order valence-corrected chi connectivity index (χ3v) is 5.49. The number of halogens is 1. The van der Waals surface area contributed by atoms with Crippen LogP contribution in [0.3, 0.4) is 0 Å². The molecule has 1 heterocycles. The first kappa shape index (κ1) is 23.8. The second-order valence-corrected chi connectivity index (χ2v) is 7.97. The first-order valence-electron chi connectivity index (χ1n) is 10.4. The summed E-state index contributed by atoms with van der Waals surface area (Å²) in [7, 11) is 2.30. The Morgan fingerprint density at radius 3 is 2.49 bits per heavy atom. The zero-order valence-corrected chi connectivity index (χ0v) is 19.5. The van der Waals surface area contributed by atoms with Crippen molar-refractivity contribution in [3.05, 3.63) is 83.1 Å². The van der Waals surface area contributed by atoms with Gasteiger partial charge in [-0.1, -0.05) is 41.9 Å². The van der Waals surface area contributed by atoms with Crippen LogP contribution < -0.4 is 4.74 Å². The maximum atomic E-state index is 12.7. The molecular formula is C25H20ClN3O6. The summed E-state index contributed by atoms with van der Waals surface area (Å²) in [5.41, 5.74) is 2.86. The predicted molar refractivity (Wildman–Crippen MR) is 129 cm³/mol. The fraction of sp³-hybridized carbons (Fsp3) is 0.120. The van der Waals surface area contributed by atoms with Crippen LogP contribution in [0, 0.1) is 0 Å². The van der Waals surface area contributed by atoms with Crippen LogP contribution in [0.4, 0.5) is 9.59 Å². The van der Waals surface area contributed by atoms with Gasteiger partial charge < -0.3 is 14.6 Å². The van der Waals surface area contributed by atoms with Gasteiger partial charge in [-0.3, -0.25) is 4.79 Å². The summed E-state index contributed by atoms with van der Waals surface area (Å²) < 4.78 is 11.2. The van der Waals surface area contributed by atoms with Crippen molar-refractivity contribution in [3.63, 3.8) is 0 Å². The lowest BCUT2D eigenvalue weighted by Crippen LogP contribution is -2.35. The van der Waals surface area contributed by atoms with Gasteiger partial charge in [0.1, 0.15) is 12.4 Å². The van der Waals surface area contributed by atoms with Gasteiger partial charge in [-0.15, -0.1) is 0 Å². The Morgan fingerprint density at radius 1 is 1.03 bits per heavy atom. The van der Waals surface area contributed by atoms with Crippen molar-refractivity contribution >= 4 is 40.7 Å². The molecular weight excluding hydrogens is 474 g/mol. The number of methoxy groups -OCH3 is 1. The molecule has 4 aromatic rings. The van der Waals surface area contributed by atoms with E-state index in [9.17, 15) is 19.5 Å². The van der Waals surface area contributed by atoms with Crippen molar-refractivity contribution in [2.45, 2.75) is 6.61 Å². The zero-order chi connectivity index (χ0) is 25.1. The van der Waals surface area contributed by atoms with E-state index >= 15 is 0 Å². The lowest BCUT2D eigenvalue weighted by Gasteiger charge is -2.13. The van der Waals surface area contributed by atoms with Gasteiger partial charge in [0.05, 0.1) is 18.1 Å². The van der Waals surface area contributed by atoms with Crippen molar-refractivity contribution in [3.8, 4) is 16.9 Å². The second kappa shape index (κ2) is 9.86. The number of fused-ring (bicyclic) bond motifs is 1. The summed E-state index contributed by atoms with van der Waals surface area (Å²) in [5.74, 6) is -0.713. The van der Waals surface area contributed by atoms with E-state index in [1.54, 1.807) is 24.3 Å². The first-order valence-corrected chi connectivity index (χ1v) is 10.8. The Kier molecular flexibility index (Phi) is 6.70. The number of imidazole rings is 1. The number of benzene rings is 3. The lowest BCUT2D eigenvalue weighted by atomic mass is 10.0. The van der Waals surface area contributed by atoms with E-state index in [0.717, 1.165) is 22.8 Å². The van der Waals surface area contributed by atoms with Crippen LogP contribution >= 0.6 is 11.6 Å². The monoisotopic (exact) mass is 493 g/mol. The van der Waals surface area contributed by atoms with Crippen molar-refractivity contribution in [1.29, 1.82) is 0 Å². The topological polar surface area (TPSA) is 111 Å². The Bertz CT molecular complexity index is 1450. The first-order chi connectivity index (χ1) is 16.8. The van der Waals surface area contributed by atoms with Crippen molar-refractivity contribution in [2.75, 3.05) is 14.2 Å². The number of carbonyl (C=O) groups excluding carboxylic acids is 2. The minimum Gasteiger partial charge on any atom is -0.489 e. The highest BCUT2D eigenvalue weighted by Crippen LogP contribution is 2.28. The standard InChI is InChI=1S/C25H20ClN3O6/c1-28(25(33)34-2)23(30)22-27-20-10-9-17(13-21(20)29(22)24(31)32)16-6-4-8-19(12-16)35-14-15-5-3-7-18(26)11-15/h3-13H,14H2,1-2H3,(H,31,32). The quantitative estimate of drug-likeness (QED) is 0.401. The lowest BCUT2D eigenvalue weighted by molar-refractivity contribution is 0.0735.